The first-order valence-corrected chi connectivity index (χ1v) is 10.4. The normalized spacial score (nSPS) is 17.8. The van der Waals surface area contributed by atoms with Crippen LogP contribution in [0.4, 0.5) is 4.79 Å². The van der Waals surface area contributed by atoms with Gasteiger partial charge in [0.2, 0.25) is 0 Å². The van der Waals surface area contributed by atoms with Crippen molar-refractivity contribution in [3.63, 3.8) is 0 Å². The van der Waals surface area contributed by atoms with Gasteiger partial charge in [0.1, 0.15) is 12.4 Å². The molecule has 0 bridgehead atoms. The molecule has 1 atom stereocenters. The number of amides is 1. The van der Waals surface area contributed by atoms with Crippen molar-refractivity contribution in [3.8, 4) is 17.0 Å². The summed E-state index contributed by atoms with van der Waals surface area (Å²) in [6.45, 7) is 9.44. The van der Waals surface area contributed by atoms with E-state index < -0.39 is 6.09 Å². The van der Waals surface area contributed by atoms with Crippen LogP contribution in [0.25, 0.3) is 16.9 Å². The van der Waals surface area contributed by atoms with Gasteiger partial charge < -0.3 is 14.7 Å². The van der Waals surface area contributed by atoms with Crippen molar-refractivity contribution in [2.24, 2.45) is 5.41 Å². The highest BCUT2D eigenvalue weighted by molar-refractivity contribution is 5.65. The topological polar surface area (TPSA) is 96.1 Å². The van der Waals surface area contributed by atoms with Crippen molar-refractivity contribution in [2.75, 3.05) is 32.8 Å². The summed E-state index contributed by atoms with van der Waals surface area (Å²) in [5.41, 5.74) is 2.36. The fraction of sp³-hybridized carbons (Fsp3) is 0.455. The molecule has 0 aliphatic carbocycles. The molecule has 4 heterocycles. The van der Waals surface area contributed by atoms with E-state index in [9.17, 15) is 9.90 Å². The number of aromatic nitrogens is 4. The summed E-state index contributed by atoms with van der Waals surface area (Å²) in [4.78, 5) is 24.2. The van der Waals surface area contributed by atoms with Crippen LogP contribution < -0.4 is 4.74 Å². The average molecular weight is 425 g/mol. The van der Waals surface area contributed by atoms with Crippen molar-refractivity contribution in [1.82, 2.24) is 29.4 Å². The smallest absolute Gasteiger partial charge is 0.407 e. The van der Waals surface area contributed by atoms with Gasteiger partial charge in [-0.2, -0.15) is 5.10 Å². The minimum absolute atomic E-state index is 0.0413. The van der Waals surface area contributed by atoms with Gasteiger partial charge in [0.25, 0.3) is 0 Å². The molecule has 9 nitrogen and oxygen atoms in total. The van der Waals surface area contributed by atoms with Crippen LogP contribution in [0.5, 0.6) is 5.75 Å². The molecule has 164 valence electrons. The van der Waals surface area contributed by atoms with E-state index in [1.807, 2.05) is 24.4 Å². The molecule has 0 aromatic carbocycles. The molecule has 3 aromatic rings. The number of pyridine rings is 1. The highest BCUT2D eigenvalue weighted by Crippen LogP contribution is 2.28. The molecule has 1 aliphatic heterocycles. The molecule has 1 aliphatic rings. The van der Waals surface area contributed by atoms with E-state index in [1.165, 1.54) is 0 Å². The summed E-state index contributed by atoms with van der Waals surface area (Å²) >= 11 is 0. The third-order valence-corrected chi connectivity index (χ3v) is 5.66. The minimum atomic E-state index is -0.844. The van der Waals surface area contributed by atoms with Crippen LogP contribution in [-0.4, -0.2) is 79.4 Å². The van der Waals surface area contributed by atoms with Crippen molar-refractivity contribution in [1.29, 1.82) is 0 Å². The van der Waals surface area contributed by atoms with Crippen LogP contribution in [0, 0.1) is 5.41 Å². The van der Waals surface area contributed by atoms with Gasteiger partial charge in [-0.15, -0.1) is 0 Å². The van der Waals surface area contributed by atoms with Crippen LogP contribution in [0.15, 0.2) is 43.0 Å². The molecule has 1 fully saturated rings. The first-order valence-electron chi connectivity index (χ1n) is 10.4. The largest absolute Gasteiger partial charge is 0.491 e. The van der Waals surface area contributed by atoms with Crippen molar-refractivity contribution >= 4 is 11.7 Å². The third-order valence-electron chi connectivity index (χ3n) is 5.66. The SMILES string of the molecule is CC(C)(C)C1CN(CCOc2ccc(-c3cnc4ccnn4c3)nc2)CCN1C(=O)O. The Bertz CT molecular complexity index is 1040. The molecule has 3 aromatic heterocycles. The maximum atomic E-state index is 11.6. The third kappa shape index (κ3) is 4.77. The molecule has 9 heteroatoms. The molecule has 1 amide bonds. The van der Waals surface area contributed by atoms with E-state index >= 15 is 0 Å². The van der Waals surface area contributed by atoms with Crippen LogP contribution >= 0.6 is 0 Å². The monoisotopic (exact) mass is 424 g/mol. The molecule has 4 rings (SSSR count). The van der Waals surface area contributed by atoms with Gasteiger partial charge in [-0.3, -0.25) is 9.88 Å². The summed E-state index contributed by atoms with van der Waals surface area (Å²) in [6.07, 6.45) is 6.25. The predicted molar refractivity (Wildman–Crippen MR) is 116 cm³/mol. The lowest BCUT2D eigenvalue weighted by Crippen LogP contribution is -2.59. The number of ether oxygens (including phenoxy) is 1. The Hall–Kier alpha value is -3.20. The molecule has 1 N–H and O–H groups in total. The van der Waals surface area contributed by atoms with Gasteiger partial charge in [0.05, 0.1) is 24.1 Å². The highest BCUT2D eigenvalue weighted by atomic mass is 16.5. The first-order chi connectivity index (χ1) is 14.8. The standard InChI is InChI=1S/C22H28N6O3/c1-22(2,3)19-15-26(8-9-27(19)21(29)30)10-11-31-17-4-5-18(23-13-17)16-12-24-20-6-7-25-28(20)14-16/h4-7,12-14,19H,8-11,15H2,1-3H3,(H,29,30). The highest BCUT2D eigenvalue weighted by Gasteiger charge is 2.37. The van der Waals surface area contributed by atoms with Crippen molar-refractivity contribution in [2.45, 2.75) is 26.8 Å². The van der Waals surface area contributed by atoms with Crippen LogP contribution in [0.2, 0.25) is 0 Å². The van der Waals surface area contributed by atoms with Gasteiger partial charge in [0.15, 0.2) is 5.65 Å². The fourth-order valence-electron chi connectivity index (χ4n) is 3.88. The zero-order chi connectivity index (χ0) is 22.0. The quantitative estimate of drug-likeness (QED) is 0.673. The average Bonchev–Trinajstić information content (AvgIpc) is 3.21. The van der Waals surface area contributed by atoms with E-state index in [0.29, 0.717) is 32.0 Å². The maximum absolute atomic E-state index is 11.6. The second kappa shape index (κ2) is 8.50. The second-order valence-corrected chi connectivity index (χ2v) is 8.86. The second-order valence-electron chi connectivity index (χ2n) is 8.86. The Morgan fingerprint density at radius 3 is 2.74 bits per heavy atom. The summed E-state index contributed by atoms with van der Waals surface area (Å²) in [7, 11) is 0. The summed E-state index contributed by atoms with van der Waals surface area (Å²) < 4.78 is 7.60. The van der Waals surface area contributed by atoms with Gasteiger partial charge >= 0.3 is 6.09 Å². The van der Waals surface area contributed by atoms with Gasteiger partial charge in [-0.25, -0.2) is 14.3 Å². The Morgan fingerprint density at radius 2 is 2.03 bits per heavy atom. The van der Waals surface area contributed by atoms with Crippen LogP contribution in [0.3, 0.4) is 0 Å². The Kier molecular flexibility index (Phi) is 5.77. The zero-order valence-electron chi connectivity index (χ0n) is 18.1. The lowest BCUT2D eigenvalue weighted by molar-refractivity contribution is 0.0179. The van der Waals surface area contributed by atoms with E-state index in [1.54, 1.807) is 28.0 Å². The fourth-order valence-corrected chi connectivity index (χ4v) is 3.88. The van der Waals surface area contributed by atoms with E-state index in [2.05, 4.69) is 40.7 Å². The van der Waals surface area contributed by atoms with Gasteiger partial charge in [-0.05, 0) is 17.5 Å². The predicted octanol–water partition coefficient (Wildman–Crippen LogP) is 2.88. The van der Waals surface area contributed by atoms with Crippen molar-refractivity contribution in [3.05, 3.63) is 43.0 Å². The van der Waals surface area contributed by atoms with E-state index in [0.717, 1.165) is 23.4 Å². The number of hydrogen-bond donors (Lipinski definition) is 1. The zero-order valence-corrected chi connectivity index (χ0v) is 18.1. The lowest BCUT2D eigenvalue weighted by Gasteiger charge is -2.45. The summed E-state index contributed by atoms with van der Waals surface area (Å²) in [5, 5.41) is 13.7. The molecular formula is C22H28N6O3. The Labute approximate surface area is 181 Å². The molecule has 0 radical (unpaired) electrons. The number of carbonyl (C=O) groups is 1. The molecule has 0 saturated carbocycles. The van der Waals surface area contributed by atoms with Crippen molar-refractivity contribution < 1.29 is 14.6 Å². The number of carboxylic acid groups (broad SMARTS) is 1. The van der Waals surface area contributed by atoms with Crippen LogP contribution in [-0.2, 0) is 0 Å². The van der Waals surface area contributed by atoms with Gasteiger partial charge in [-0.1, -0.05) is 20.8 Å². The molecule has 31 heavy (non-hydrogen) atoms. The lowest BCUT2D eigenvalue weighted by atomic mass is 9.84. The Balaban J connectivity index is 1.32. The van der Waals surface area contributed by atoms with Crippen LogP contribution in [0.1, 0.15) is 20.8 Å². The number of hydrogen-bond acceptors (Lipinski definition) is 6. The number of nitrogens with zero attached hydrogens (tertiary/aromatic N) is 6. The first kappa shape index (κ1) is 21.0. The Morgan fingerprint density at radius 1 is 1.19 bits per heavy atom. The molecule has 0 spiro atoms. The summed E-state index contributed by atoms with van der Waals surface area (Å²) in [5.74, 6) is 0.702. The molecule has 1 unspecified atom stereocenters. The minimum Gasteiger partial charge on any atom is -0.491 e. The summed E-state index contributed by atoms with van der Waals surface area (Å²) in [6, 6.07) is 5.61. The molecular weight excluding hydrogens is 396 g/mol. The van der Waals surface area contributed by atoms with E-state index in [-0.39, 0.29) is 11.5 Å². The van der Waals surface area contributed by atoms with E-state index in [4.69, 9.17) is 4.74 Å². The number of piperazine rings is 1. The number of rotatable bonds is 5. The molecule has 1 saturated heterocycles. The number of fused-ring (bicyclic) bond motifs is 1. The van der Waals surface area contributed by atoms with Gasteiger partial charge in [0, 0.05) is 50.2 Å². The maximum Gasteiger partial charge on any atom is 0.407 e.